The van der Waals surface area contributed by atoms with E-state index in [0.717, 1.165) is 11.0 Å². The fraction of sp³-hybridized carbons (Fsp3) is 0. The molecule has 3 heterocycles. The summed E-state index contributed by atoms with van der Waals surface area (Å²) in [5.41, 5.74) is 1.34. The van der Waals surface area contributed by atoms with E-state index in [1.807, 2.05) is 0 Å². The van der Waals surface area contributed by atoms with Crippen molar-refractivity contribution in [2.24, 2.45) is 0 Å². The zero-order valence-electron chi connectivity index (χ0n) is 7.35. The van der Waals surface area contributed by atoms with Gasteiger partial charge in [0.1, 0.15) is 12.0 Å². The Labute approximate surface area is 94.5 Å². The quantitative estimate of drug-likeness (QED) is 0.605. The van der Waals surface area contributed by atoms with E-state index in [4.69, 9.17) is 23.2 Å². The normalized spacial score (nSPS) is 11.3. The molecule has 3 rings (SSSR count). The molecule has 0 aliphatic heterocycles. The predicted molar refractivity (Wildman–Crippen MR) is 58.3 cm³/mol. The van der Waals surface area contributed by atoms with Gasteiger partial charge in [-0.3, -0.25) is 4.40 Å². The Bertz CT molecular complexity index is 662. The van der Waals surface area contributed by atoms with Gasteiger partial charge in [0.05, 0.1) is 10.0 Å². The van der Waals surface area contributed by atoms with E-state index in [1.165, 1.54) is 0 Å². The van der Waals surface area contributed by atoms with Gasteiger partial charge in [0.2, 0.25) is 0 Å². The van der Waals surface area contributed by atoms with Gasteiger partial charge in [-0.2, -0.15) is 0 Å². The molecule has 0 aromatic carbocycles. The third-order valence-corrected chi connectivity index (χ3v) is 2.62. The SMILES string of the molecule is Clc1cnc2c(c1)cc(Cl)c1nncn12. The summed E-state index contributed by atoms with van der Waals surface area (Å²) in [5.74, 6) is 0. The number of hydrogen-bond acceptors (Lipinski definition) is 3. The second-order valence-electron chi connectivity index (χ2n) is 3.08. The van der Waals surface area contributed by atoms with Crippen LogP contribution in [-0.2, 0) is 0 Å². The molecule has 0 aliphatic carbocycles. The lowest BCUT2D eigenvalue weighted by atomic mass is 10.3. The molecule has 3 aromatic rings. The van der Waals surface area contributed by atoms with E-state index in [2.05, 4.69) is 15.2 Å². The first-order valence-electron chi connectivity index (χ1n) is 4.19. The maximum absolute atomic E-state index is 6.04. The Morgan fingerprint density at radius 2 is 2.00 bits per heavy atom. The molecule has 6 heteroatoms. The van der Waals surface area contributed by atoms with E-state index in [0.29, 0.717) is 15.7 Å². The number of hydrogen-bond donors (Lipinski definition) is 0. The second-order valence-corrected chi connectivity index (χ2v) is 3.93. The van der Waals surface area contributed by atoms with Crippen LogP contribution in [0.4, 0.5) is 0 Å². The largest absolute Gasteiger partial charge is 0.264 e. The van der Waals surface area contributed by atoms with E-state index < -0.39 is 0 Å². The van der Waals surface area contributed by atoms with Crippen LogP contribution in [0.5, 0.6) is 0 Å². The van der Waals surface area contributed by atoms with Gasteiger partial charge < -0.3 is 0 Å². The van der Waals surface area contributed by atoms with Gasteiger partial charge in [0.25, 0.3) is 0 Å². The Hall–Kier alpha value is -1.39. The molecule has 0 bridgehead atoms. The van der Waals surface area contributed by atoms with Crippen LogP contribution in [0.2, 0.25) is 10.0 Å². The van der Waals surface area contributed by atoms with Crippen LogP contribution in [-0.4, -0.2) is 19.6 Å². The first-order chi connectivity index (χ1) is 7.25. The Kier molecular flexibility index (Phi) is 1.81. The van der Waals surface area contributed by atoms with Crippen molar-refractivity contribution >= 4 is 39.9 Å². The van der Waals surface area contributed by atoms with Crippen LogP contribution in [0.25, 0.3) is 16.7 Å². The third kappa shape index (κ3) is 1.26. The van der Waals surface area contributed by atoms with Crippen molar-refractivity contribution in [2.45, 2.75) is 0 Å². The first kappa shape index (κ1) is 8.88. The van der Waals surface area contributed by atoms with E-state index in [1.54, 1.807) is 29.1 Å². The summed E-state index contributed by atoms with van der Waals surface area (Å²) >= 11 is 11.9. The Morgan fingerprint density at radius 1 is 1.13 bits per heavy atom. The smallest absolute Gasteiger partial charge is 0.181 e. The number of nitrogens with zero attached hydrogens (tertiary/aromatic N) is 4. The maximum atomic E-state index is 6.04. The van der Waals surface area contributed by atoms with E-state index >= 15 is 0 Å². The number of fused-ring (bicyclic) bond motifs is 3. The topological polar surface area (TPSA) is 43.1 Å². The second kappa shape index (κ2) is 3.05. The van der Waals surface area contributed by atoms with Gasteiger partial charge in [-0.25, -0.2) is 4.98 Å². The summed E-state index contributed by atoms with van der Waals surface area (Å²) in [6.45, 7) is 0. The van der Waals surface area contributed by atoms with Gasteiger partial charge in [0, 0.05) is 11.6 Å². The molecule has 0 atom stereocenters. The minimum atomic E-state index is 0.532. The van der Waals surface area contributed by atoms with Gasteiger partial charge in [-0.05, 0) is 12.1 Å². The molecular weight excluding hydrogens is 235 g/mol. The highest BCUT2D eigenvalue weighted by molar-refractivity contribution is 6.34. The summed E-state index contributed by atoms with van der Waals surface area (Å²) in [5, 5.41) is 9.66. The summed E-state index contributed by atoms with van der Waals surface area (Å²) in [4.78, 5) is 4.21. The van der Waals surface area contributed by atoms with Crippen molar-refractivity contribution in [1.82, 2.24) is 19.6 Å². The summed E-state index contributed by atoms with van der Waals surface area (Å²) in [6, 6.07) is 3.58. The van der Waals surface area contributed by atoms with Crippen molar-refractivity contribution in [2.75, 3.05) is 0 Å². The van der Waals surface area contributed by atoms with Crippen molar-refractivity contribution in [3.8, 4) is 0 Å². The minimum Gasteiger partial charge on any atom is -0.264 e. The van der Waals surface area contributed by atoms with Gasteiger partial charge in [-0.15, -0.1) is 10.2 Å². The molecule has 4 nitrogen and oxygen atoms in total. The standard InChI is InChI=1S/C9H4Cl2N4/c10-6-1-5-2-7(11)9-14-13-4-15(9)8(5)12-3-6/h1-4H. The third-order valence-electron chi connectivity index (χ3n) is 2.13. The first-order valence-corrected chi connectivity index (χ1v) is 4.95. The molecule has 0 fully saturated rings. The minimum absolute atomic E-state index is 0.532. The van der Waals surface area contributed by atoms with Crippen LogP contribution in [0.15, 0.2) is 24.7 Å². The molecule has 0 unspecified atom stereocenters. The lowest BCUT2D eigenvalue weighted by Crippen LogP contribution is -1.91. The summed E-state index contributed by atoms with van der Waals surface area (Å²) in [6.07, 6.45) is 3.15. The monoisotopic (exact) mass is 238 g/mol. The lowest BCUT2D eigenvalue weighted by molar-refractivity contribution is 1.10. The number of halogens is 2. The fourth-order valence-corrected chi connectivity index (χ4v) is 1.92. The summed E-state index contributed by atoms with van der Waals surface area (Å²) < 4.78 is 1.73. The lowest BCUT2D eigenvalue weighted by Gasteiger charge is -2.01. The summed E-state index contributed by atoms with van der Waals surface area (Å²) in [7, 11) is 0. The van der Waals surface area contributed by atoms with Gasteiger partial charge in [0.15, 0.2) is 5.65 Å². The molecule has 15 heavy (non-hydrogen) atoms. The molecular formula is C9H4Cl2N4. The van der Waals surface area contributed by atoms with Crippen molar-refractivity contribution in [3.63, 3.8) is 0 Å². The highest BCUT2D eigenvalue weighted by Gasteiger charge is 2.07. The van der Waals surface area contributed by atoms with Crippen molar-refractivity contribution in [3.05, 3.63) is 34.7 Å². The average molecular weight is 239 g/mol. The highest BCUT2D eigenvalue weighted by Crippen LogP contribution is 2.23. The van der Waals surface area contributed by atoms with Crippen molar-refractivity contribution < 1.29 is 0 Å². The number of aromatic nitrogens is 4. The van der Waals surface area contributed by atoms with Gasteiger partial charge in [-0.1, -0.05) is 23.2 Å². The molecule has 74 valence electrons. The molecule has 0 radical (unpaired) electrons. The predicted octanol–water partition coefficient (Wildman–Crippen LogP) is 2.58. The molecule has 0 saturated heterocycles. The Morgan fingerprint density at radius 3 is 2.87 bits per heavy atom. The zero-order chi connectivity index (χ0) is 10.4. The average Bonchev–Trinajstić information content (AvgIpc) is 2.66. The molecule has 0 spiro atoms. The fourth-order valence-electron chi connectivity index (χ4n) is 1.51. The van der Waals surface area contributed by atoms with E-state index in [-0.39, 0.29) is 0 Å². The number of rotatable bonds is 0. The molecule has 0 amide bonds. The molecule has 0 saturated carbocycles. The zero-order valence-corrected chi connectivity index (χ0v) is 8.87. The van der Waals surface area contributed by atoms with Crippen LogP contribution in [0, 0.1) is 0 Å². The van der Waals surface area contributed by atoms with Crippen molar-refractivity contribution in [1.29, 1.82) is 0 Å². The maximum Gasteiger partial charge on any atom is 0.181 e. The van der Waals surface area contributed by atoms with Gasteiger partial charge >= 0.3 is 0 Å². The molecule has 0 aliphatic rings. The van der Waals surface area contributed by atoms with Crippen LogP contribution in [0.3, 0.4) is 0 Å². The van der Waals surface area contributed by atoms with E-state index in [9.17, 15) is 0 Å². The molecule has 0 N–H and O–H groups in total. The van der Waals surface area contributed by atoms with Crippen LogP contribution < -0.4 is 0 Å². The molecule has 3 aromatic heterocycles. The highest BCUT2D eigenvalue weighted by atomic mass is 35.5. The Balaban J connectivity index is 2.60. The van der Waals surface area contributed by atoms with Crippen LogP contribution >= 0.6 is 23.2 Å². The number of pyridine rings is 2. The van der Waals surface area contributed by atoms with Crippen LogP contribution in [0.1, 0.15) is 0 Å².